The Bertz CT molecular complexity index is 1790. The van der Waals surface area contributed by atoms with Crippen molar-refractivity contribution in [3.63, 3.8) is 0 Å². The van der Waals surface area contributed by atoms with Crippen LogP contribution >= 0.6 is 0 Å². The zero-order valence-corrected chi connectivity index (χ0v) is 32.5. The van der Waals surface area contributed by atoms with Gasteiger partial charge in [0, 0.05) is 25.2 Å². The maximum Gasteiger partial charge on any atom is 0.509 e. The zero-order valence-electron chi connectivity index (χ0n) is 31.5. The Kier molecular flexibility index (Phi) is 10.1. The third kappa shape index (κ3) is 6.14. The van der Waals surface area contributed by atoms with Gasteiger partial charge in [0.15, 0.2) is 17.5 Å². The molecule has 2 N–H and O–H groups in total. The average Bonchev–Trinajstić information content (AvgIpc) is 3.10. The lowest BCUT2D eigenvalue weighted by atomic mass is 9.44. The number of aliphatic hydroxyl groups is 2. The molecule has 12 nitrogen and oxygen atoms in total. The van der Waals surface area contributed by atoms with Crippen molar-refractivity contribution in [2.24, 2.45) is 16.7 Å². The van der Waals surface area contributed by atoms with Crippen LogP contribution in [-0.2, 0) is 37.7 Å². The fourth-order valence-electron chi connectivity index (χ4n) is 9.40. The molecule has 1 saturated heterocycles. The monoisotopic (exact) mass is 750 g/mol. The third-order valence-corrected chi connectivity index (χ3v) is 14.9. The summed E-state index contributed by atoms with van der Waals surface area (Å²) in [5.74, 6) is -3.45. The molecule has 2 aromatic rings. The SMILES string of the molecule is CCOC(=O)OC1C(=O)[C@@]2(C)C(C(OC(=O)c3ccccc3)[C@]3(O)C[C@H](O)C(C)=C1C3(C)C)[C@]1(OC(C)=O)CO[C@@H]1C[C@@H]2O[Si](C)(C)c1ccccc1. The van der Waals surface area contributed by atoms with Gasteiger partial charge in [0.05, 0.1) is 42.3 Å². The van der Waals surface area contributed by atoms with Crippen molar-refractivity contribution in [2.75, 3.05) is 13.2 Å². The number of rotatable bonds is 8. The number of hydrogen-bond donors (Lipinski definition) is 2. The first-order valence-corrected chi connectivity index (χ1v) is 21.1. The molecule has 4 aliphatic rings. The molecular weight excluding hydrogens is 701 g/mol. The van der Waals surface area contributed by atoms with Gasteiger partial charge in [-0.3, -0.25) is 9.59 Å². The Hall–Kier alpha value is -3.88. The molecule has 0 radical (unpaired) electrons. The summed E-state index contributed by atoms with van der Waals surface area (Å²) in [6, 6.07) is 17.8. The molecule has 9 atom stereocenters. The van der Waals surface area contributed by atoms with Crippen molar-refractivity contribution in [3.05, 3.63) is 77.4 Å². The Morgan fingerprint density at radius 1 is 0.981 bits per heavy atom. The third-order valence-electron chi connectivity index (χ3n) is 12.3. The van der Waals surface area contributed by atoms with E-state index < -0.39 is 90.7 Å². The lowest BCUT2D eigenvalue weighted by molar-refractivity contribution is -0.344. The molecule has 3 aliphatic carbocycles. The standard InChI is InChI=1S/C40H50O12Si/c1-9-47-36(45)49-31-30-23(2)27(42)21-40(46,37(30,4)5)34(50-35(44)25-16-12-10-13-17-25)32-38(6,33(31)43)28(20-29-39(32,22-48-29)51-24(3)41)52-53(7,8)26-18-14-11-15-19-26/h10-19,27-29,31-32,34,42,46H,9,20-22H2,1-8H3/t27-,28-,29+,31?,32?,34?,38+,39-,40+/m0/s1. The first-order chi connectivity index (χ1) is 24.8. The number of ketones is 1. The Morgan fingerprint density at radius 2 is 1.60 bits per heavy atom. The van der Waals surface area contributed by atoms with Crippen LogP contribution in [-0.4, -0.2) is 97.3 Å². The topological polar surface area (TPSA) is 164 Å². The highest BCUT2D eigenvalue weighted by Crippen LogP contribution is 2.65. The second kappa shape index (κ2) is 13.8. The summed E-state index contributed by atoms with van der Waals surface area (Å²) in [6.45, 7) is 13.2. The van der Waals surface area contributed by atoms with E-state index in [1.807, 2.05) is 43.4 Å². The van der Waals surface area contributed by atoms with Gasteiger partial charge in [-0.15, -0.1) is 0 Å². The van der Waals surface area contributed by atoms with Gasteiger partial charge in [-0.25, -0.2) is 9.59 Å². The molecule has 2 saturated carbocycles. The summed E-state index contributed by atoms with van der Waals surface area (Å²) >= 11 is 0. The van der Waals surface area contributed by atoms with Crippen LogP contribution in [0.25, 0.3) is 0 Å². The Balaban J connectivity index is 1.66. The lowest BCUT2D eigenvalue weighted by Crippen LogP contribution is -2.82. The summed E-state index contributed by atoms with van der Waals surface area (Å²) in [4.78, 5) is 56.4. The molecule has 0 spiro atoms. The molecule has 1 aliphatic heterocycles. The second-order valence-corrected chi connectivity index (χ2v) is 19.8. The molecule has 3 unspecified atom stereocenters. The minimum Gasteiger partial charge on any atom is -0.455 e. The van der Waals surface area contributed by atoms with Crippen LogP contribution in [0.1, 0.15) is 64.7 Å². The van der Waals surface area contributed by atoms with Crippen molar-refractivity contribution in [1.29, 1.82) is 0 Å². The molecule has 2 aromatic carbocycles. The number of carbonyl (C=O) groups excluding carboxylic acids is 4. The predicted molar refractivity (Wildman–Crippen MR) is 193 cm³/mol. The van der Waals surface area contributed by atoms with E-state index in [2.05, 4.69) is 0 Å². The number of benzene rings is 2. The highest BCUT2D eigenvalue weighted by molar-refractivity contribution is 6.84. The number of hydrogen-bond acceptors (Lipinski definition) is 12. The Morgan fingerprint density at radius 3 is 2.17 bits per heavy atom. The summed E-state index contributed by atoms with van der Waals surface area (Å²) in [5.41, 5.74) is -6.36. The van der Waals surface area contributed by atoms with E-state index in [9.17, 15) is 24.6 Å². The van der Waals surface area contributed by atoms with Crippen LogP contribution < -0.4 is 5.19 Å². The van der Waals surface area contributed by atoms with Gasteiger partial charge in [0.1, 0.15) is 17.8 Å². The number of aliphatic hydroxyl groups excluding tert-OH is 1. The van der Waals surface area contributed by atoms with Gasteiger partial charge in [-0.1, -0.05) is 62.4 Å². The summed E-state index contributed by atoms with van der Waals surface area (Å²) in [7, 11) is -2.88. The minimum atomic E-state index is -2.88. The summed E-state index contributed by atoms with van der Waals surface area (Å²) in [5, 5.41) is 26.0. The quantitative estimate of drug-likeness (QED) is 0.170. The first kappa shape index (κ1) is 38.8. The smallest absolute Gasteiger partial charge is 0.455 e. The van der Waals surface area contributed by atoms with Crippen LogP contribution in [0, 0.1) is 16.7 Å². The largest absolute Gasteiger partial charge is 0.509 e. The van der Waals surface area contributed by atoms with E-state index in [-0.39, 0.29) is 37.2 Å². The molecule has 2 bridgehead atoms. The van der Waals surface area contributed by atoms with Gasteiger partial charge in [0.25, 0.3) is 0 Å². The molecule has 1 heterocycles. The van der Waals surface area contributed by atoms with E-state index in [1.54, 1.807) is 65.0 Å². The van der Waals surface area contributed by atoms with Crippen LogP contribution in [0.2, 0.25) is 13.1 Å². The van der Waals surface area contributed by atoms with Gasteiger partial charge < -0.3 is 38.3 Å². The average molecular weight is 751 g/mol. The molecule has 6 rings (SSSR count). The fraction of sp³-hybridized carbons (Fsp3) is 0.550. The van der Waals surface area contributed by atoms with Gasteiger partial charge in [0.2, 0.25) is 8.32 Å². The number of Topliss-reactive ketones (excluding diaryl/α,β-unsaturated/α-hetero) is 1. The van der Waals surface area contributed by atoms with Crippen LogP contribution in [0.15, 0.2) is 71.8 Å². The van der Waals surface area contributed by atoms with Gasteiger partial charge in [-0.2, -0.15) is 0 Å². The van der Waals surface area contributed by atoms with Crippen molar-refractivity contribution < 1.29 is 57.5 Å². The highest BCUT2D eigenvalue weighted by Gasteiger charge is 2.78. The van der Waals surface area contributed by atoms with Crippen molar-refractivity contribution in [2.45, 2.75) is 109 Å². The van der Waals surface area contributed by atoms with Crippen molar-refractivity contribution in [3.8, 4) is 0 Å². The molecule has 0 aromatic heterocycles. The lowest BCUT2D eigenvalue weighted by Gasteiger charge is -2.68. The van der Waals surface area contributed by atoms with Gasteiger partial charge in [-0.05, 0) is 62.3 Å². The maximum absolute atomic E-state index is 15.9. The fourth-order valence-corrected chi connectivity index (χ4v) is 11.6. The summed E-state index contributed by atoms with van der Waals surface area (Å²) in [6.07, 6.45) is -7.80. The first-order valence-electron chi connectivity index (χ1n) is 18.1. The van der Waals surface area contributed by atoms with Gasteiger partial charge >= 0.3 is 18.1 Å². The van der Waals surface area contributed by atoms with Crippen molar-refractivity contribution >= 4 is 37.4 Å². The van der Waals surface area contributed by atoms with E-state index in [0.29, 0.717) is 5.57 Å². The van der Waals surface area contributed by atoms with E-state index in [0.717, 1.165) is 5.19 Å². The number of ether oxygens (including phenoxy) is 5. The Labute approximate surface area is 310 Å². The number of carbonyl (C=O) groups is 4. The van der Waals surface area contributed by atoms with Crippen LogP contribution in [0.4, 0.5) is 4.79 Å². The maximum atomic E-state index is 15.9. The predicted octanol–water partition coefficient (Wildman–Crippen LogP) is 4.40. The van der Waals surface area contributed by atoms with E-state index in [4.69, 9.17) is 28.1 Å². The molecule has 13 heteroatoms. The van der Waals surface area contributed by atoms with Crippen molar-refractivity contribution in [1.82, 2.24) is 0 Å². The second-order valence-electron chi connectivity index (χ2n) is 15.9. The normalized spacial score (nSPS) is 34.6. The zero-order chi connectivity index (χ0) is 38.7. The summed E-state index contributed by atoms with van der Waals surface area (Å²) < 4.78 is 37.1. The number of esters is 2. The molecule has 286 valence electrons. The minimum absolute atomic E-state index is 0.0394. The molecule has 53 heavy (non-hydrogen) atoms. The van der Waals surface area contributed by atoms with E-state index >= 15 is 4.79 Å². The molecule has 0 amide bonds. The molecular formula is C40H50O12Si. The molecule has 3 fully saturated rings. The highest BCUT2D eigenvalue weighted by atomic mass is 28.4. The van der Waals surface area contributed by atoms with Crippen LogP contribution in [0.5, 0.6) is 0 Å². The van der Waals surface area contributed by atoms with E-state index in [1.165, 1.54) is 6.92 Å². The number of fused-ring (bicyclic) bond motifs is 5. The van der Waals surface area contributed by atoms with Crippen LogP contribution in [0.3, 0.4) is 0 Å².